The van der Waals surface area contributed by atoms with Gasteiger partial charge in [0, 0.05) is 31.0 Å². The highest BCUT2D eigenvalue weighted by Gasteiger charge is 2.12. The Morgan fingerprint density at radius 2 is 1.93 bits per heavy atom. The van der Waals surface area contributed by atoms with E-state index in [1.165, 1.54) is 23.0 Å². The van der Waals surface area contributed by atoms with Gasteiger partial charge in [0.15, 0.2) is 12.4 Å². The average molecular weight is 423 g/mol. The Morgan fingerprint density at radius 3 is 2.55 bits per heavy atom. The second-order valence-electron chi connectivity index (χ2n) is 5.94. The topological polar surface area (TPSA) is 132 Å². The fraction of sp³-hybridized carbons (Fsp3) is 0.333. The van der Waals surface area contributed by atoms with Crippen molar-refractivity contribution in [1.82, 2.24) is 14.7 Å². The van der Waals surface area contributed by atoms with Gasteiger partial charge in [0.25, 0.3) is 5.91 Å². The second kappa shape index (κ2) is 10.3. The zero-order valence-electron chi connectivity index (χ0n) is 16.1. The maximum absolute atomic E-state index is 12.1. The number of halogens is 1. The van der Waals surface area contributed by atoms with Crippen LogP contribution in [0.1, 0.15) is 13.8 Å². The van der Waals surface area contributed by atoms with E-state index in [1.807, 2.05) is 13.8 Å². The first-order valence-corrected chi connectivity index (χ1v) is 9.30. The van der Waals surface area contributed by atoms with Gasteiger partial charge in [-0.25, -0.2) is 4.79 Å². The summed E-state index contributed by atoms with van der Waals surface area (Å²) in [7, 11) is 0. The molecular formula is C18H23ClN6O4. The summed E-state index contributed by atoms with van der Waals surface area (Å²) in [6.45, 7) is 4.78. The molecule has 0 unspecified atom stereocenters. The molecule has 0 aliphatic carbocycles. The van der Waals surface area contributed by atoms with E-state index in [4.69, 9.17) is 22.1 Å². The summed E-state index contributed by atoms with van der Waals surface area (Å²) in [5.74, 6) is -0.0868. The maximum atomic E-state index is 12.1. The van der Waals surface area contributed by atoms with Crippen LogP contribution in [0.5, 0.6) is 5.75 Å². The van der Waals surface area contributed by atoms with Crippen LogP contribution < -0.4 is 21.1 Å². The third-order valence-electron chi connectivity index (χ3n) is 3.86. The van der Waals surface area contributed by atoms with E-state index in [0.29, 0.717) is 24.5 Å². The molecule has 29 heavy (non-hydrogen) atoms. The SMILES string of the molecule is CCN(CC)C(=O)COc1ccc(NC(=O)Nc2ccn(CC(N)=O)n2)cc1Cl. The number of hydrogen-bond acceptors (Lipinski definition) is 5. The predicted octanol–water partition coefficient (Wildman–Crippen LogP) is 1.91. The monoisotopic (exact) mass is 422 g/mol. The number of rotatable bonds is 9. The number of hydrogen-bond donors (Lipinski definition) is 3. The summed E-state index contributed by atoms with van der Waals surface area (Å²) in [5.41, 5.74) is 5.51. The van der Waals surface area contributed by atoms with Gasteiger partial charge < -0.3 is 20.7 Å². The lowest BCUT2D eigenvalue weighted by Crippen LogP contribution is -2.34. The van der Waals surface area contributed by atoms with Gasteiger partial charge in [0.2, 0.25) is 5.91 Å². The first kappa shape index (κ1) is 22.0. The van der Waals surface area contributed by atoms with Gasteiger partial charge in [-0.3, -0.25) is 19.6 Å². The van der Waals surface area contributed by atoms with Gasteiger partial charge in [-0.05, 0) is 32.0 Å². The molecule has 1 heterocycles. The molecule has 0 radical (unpaired) electrons. The summed E-state index contributed by atoms with van der Waals surface area (Å²) < 4.78 is 6.78. The summed E-state index contributed by atoms with van der Waals surface area (Å²) in [6.07, 6.45) is 1.52. The third-order valence-corrected chi connectivity index (χ3v) is 4.15. The van der Waals surface area contributed by atoms with E-state index in [2.05, 4.69) is 15.7 Å². The molecule has 0 atom stereocenters. The lowest BCUT2D eigenvalue weighted by Gasteiger charge is -2.19. The lowest BCUT2D eigenvalue weighted by molar-refractivity contribution is -0.133. The largest absolute Gasteiger partial charge is 0.482 e. The Balaban J connectivity index is 1.90. The molecule has 0 saturated heterocycles. The van der Waals surface area contributed by atoms with E-state index < -0.39 is 11.9 Å². The number of benzene rings is 1. The molecule has 1 aromatic carbocycles. The first-order chi connectivity index (χ1) is 13.8. The van der Waals surface area contributed by atoms with Crippen LogP contribution in [-0.2, 0) is 16.1 Å². The summed E-state index contributed by atoms with van der Waals surface area (Å²) in [5, 5.41) is 9.37. The van der Waals surface area contributed by atoms with E-state index in [0.717, 1.165) is 0 Å². The predicted molar refractivity (Wildman–Crippen MR) is 109 cm³/mol. The number of carbonyl (C=O) groups excluding carboxylic acids is 3. The van der Waals surface area contributed by atoms with Crippen molar-refractivity contribution < 1.29 is 19.1 Å². The van der Waals surface area contributed by atoms with E-state index >= 15 is 0 Å². The number of nitrogens with two attached hydrogens (primary N) is 1. The van der Waals surface area contributed by atoms with Crippen LogP contribution in [0.15, 0.2) is 30.5 Å². The minimum Gasteiger partial charge on any atom is -0.482 e. The molecule has 0 bridgehead atoms. The lowest BCUT2D eigenvalue weighted by atomic mass is 10.3. The highest BCUT2D eigenvalue weighted by molar-refractivity contribution is 6.32. The minimum absolute atomic E-state index is 0.0862. The number of carbonyl (C=O) groups is 3. The number of amides is 4. The molecule has 2 rings (SSSR count). The van der Waals surface area contributed by atoms with E-state index in [-0.39, 0.29) is 29.9 Å². The summed E-state index contributed by atoms with van der Waals surface area (Å²) in [6, 6.07) is 5.64. The zero-order valence-corrected chi connectivity index (χ0v) is 16.9. The standard InChI is InChI=1S/C18H23ClN6O4/c1-3-24(4-2)17(27)11-29-14-6-5-12(9-13(14)19)21-18(28)22-16-7-8-25(23-16)10-15(20)26/h5-9H,3-4,10-11H2,1-2H3,(H2,20,26)(H2,21,22,23,28). The number of aromatic nitrogens is 2. The van der Waals surface area contributed by atoms with Crippen molar-refractivity contribution >= 4 is 41.0 Å². The van der Waals surface area contributed by atoms with E-state index in [1.54, 1.807) is 17.0 Å². The number of anilines is 2. The molecule has 0 saturated carbocycles. The second-order valence-corrected chi connectivity index (χ2v) is 6.35. The van der Waals surface area contributed by atoms with Crippen LogP contribution >= 0.6 is 11.6 Å². The fourth-order valence-corrected chi connectivity index (χ4v) is 2.69. The fourth-order valence-electron chi connectivity index (χ4n) is 2.46. The van der Waals surface area contributed by atoms with Crippen molar-refractivity contribution in [3.8, 4) is 5.75 Å². The molecule has 4 N–H and O–H groups in total. The Morgan fingerprint density at radius 1 is 1.21 bits per heavy atom. The van der Waals surface area contributed by atoms with Crippen molar-refractivity contribution in [3.63, 3.8) is 0 Å². The molecule has 0 aliphatic heterocycles. The van der Waals surface area contributed by atoms with Crippen LogP contribution in [0.4, 0.5) is 16.3 Å². The Hall–Kier alpha value is -3.27. The third kappa shape index (κ3) is 6.68. The molecule has 10 nitrogen and oxygen atoms in total. The Bertz CT molecular complexity index is 881. The van der Waals surface area contributed by atoms with Crippen LogP contribution in [0.2, 0.25) is 5.02 Å². The van der Waals surface area contributed by atoms with Crippen LogP contribution in [0, 0.1) is 0 Å². The number of likely N-dealkylation sites (N-methyl/N-ethyl adjacent to an activating group) is 1. The molecule has 4 amide bonds. The minimum atomic E-state index is -0.546. The molecule has 0 spiro atoms. The van der Waals surface area contributed by atoms with Gasteiger partial charge in [-0.1, -0.05) is 11.6 Å². The zero-order chi connectivity index (χ0) is 21.4. The first-order valence-electron chi connectivity index (χ1n) is 8.92. The van der Waals surface area contributed by atoms with Gasteiger partial charge in [-0.2, -0.15) is 5.10 Å². The quantitative estimate of drug-likeness (QED) is 0.568. The Kier molecular flexibility index (Phi) is 7.84. The number of primary amides is 1. The Labute approximate surface area is 172 Å². The van der Waals surface area contributed by atoms with Gasteiger partial charge in [0.05, 0.1) is 5.02 Å². The van der Waals surface area contributed by atoms with Crippen LogP contribution in [-0.4, -0.2) is 52.2 Å². The summed E-state index contributed by atoms with van der Waals surface area (Å²) in [4.78, 5) is 36.6. The molecule has 0 aliphatic rings. The molecule has 0 fully saturated rings. The number of nitrogens with zero attached hydrogens (tertiary/aromatic N) is 3. The van der Waals surface area contributed by atoms with Crippen molar-refractivity contribution in [2.45, 2.75) is 20.4 Å². The van der Waals surface area contributed by atoms with E-state index in [9.17, 15) is 14.4 Å². The number of nitrogens with one attached hydrogen (secondary N) is 2. The molecule has 1 aromatic heterocycles. The maximum Gasteiger partial charge on any atom is 0.324 e. The number of ether oxygens (including phenoxy) is 1. The number of urea groups is 1. The van der Waals surface area contributed by atoms with Crippen molar-refractivity contribution in [2.24, 2.45) is 5.73 Å². The van der Waals surface area contributed by atoms with Gasteiger partial charge >= 0.3 is 6.03 Å². The van der Waals surface area contributed by atoms with Crippen molar-refractivity contribution in [1.29, 1.82) is 0 Å². The van der Waals surface area contributed by atoms with Gasteiger partial charge in [-0.15, -0.1) is 0 Å². The molecular weight excluding hydrogens is 400 g/mol. The van der Waals surface area contributed by atoms with Crippen LogP contribution in [0.25, 0.3) is 0 Å². The van der Waals surface area contributed by atoms with Crippen molar-refractivity contribution in [3.05, 3.63) is 35.5 Å². The van der Waals surface area contributed by atoms with Crippen LogP contribution in [0.3, 0.4) is 0 Å². The smallest absolute Gasteiger partial charge is 0.324 e. The molecule has 11 heteroatoms. The van der Waals surface area contributed by atoms with Crippen molar-refractivity contribution in [2.75, 3.05) is 30.3 Å². The average Bonchev–Trinajstić information content (AvgIpc) is 3.07. The van der Waals surface area contributed by atoms with Gasteiger partial charge in [0.1, 0.15) is 12.3 Å². The highest BCUT2D eigenvalue weighted by Crippen LogP contribution is 2.27. The molecule has 2 aromatic rings. The molecule has 156 valence electrons. The summed E-state index contributed by atoms with van der Waals surface area (Å²) >= 11 is 6.17. The highest BCUT2D eigenvalue weighted by atomic mass is 35.5. The normalized spacial score (nSPS) is 10.3.